The predicted octanol–water partition coefficient (Wildman–Crippen LogP) is 2.80. The average molecular weight is 554 g/mol. The van der Waals surface area contributed by atoms with Crippen molar-refractivity contribution >= 4 is 51.4 Å². The molecule has 0 spiro atoms. The van der Waals surface area contributed by atoms with E-state index in [1.165, 1.54) is 6.26 Å². The third-order valence-corrected chi connectivity index (χ3v) is 4.40. The molecule has 1 rings (SSSR count). The summed E-state index contributed by atoms with van der Waals surface area (Å²) in [5.41, 5.74) is 0.432. The zero-order valence-corrected chi connectivity index (χ0v) is 21.8. The van der Waals surface area contributed by atoms with Crippen molar-refractivity contribution < 1.29 is 17.9 Å². The largest absolute Gasteiger partial charge is 0.491 e. The zero-order valence-electron chi connectivity index (χ0n) is 18.6. The molecule has 1 aromatic rings. The van der Waals surface area contributed by atoms with Gasteiger partial charge in [-0.05, 0) is 65.3 Å². The first-order valence-corrected chi connectivity index (χ1v) is 11.7. The standard InChI is InChI=1S/C20H34N4O4S.HI/c1-15(2)28-17-10-8-16(9-11-17)23-19(21-12-7-13-29(6,26)27)22-14-18(25)24-20(3,4)5;/h8-11,15H,7,12-14H2,1-6H3,(H,24,25)(H2,21,22,23);1H. The van der Waals surface area contributed by atoms with E-state index >= 15 is 0 Å². The molecule has 30 heavy (non-hydrogen) atoms. The molecule has 0 fully saturated rings. The van der Waals surface area contributed by atoms with Crippen molar-refractivity contribution in [2.75, 3.05) is 30.4 Å². The lowest BCUT2D eigenvalue weighted by molar-refractivity contribution is -0.121. The van der Waals surface area contributed by atoms with Crippen LogP contribution >= 0.6 is 24.0 Å². The monoisotopic (exact) mass is 554 g/mol. The van der Waals surface area contributed by atoms with Crippen molar-refractivity contribution in [1.29, 1.82) is 0 Å². The van der Waals surface area contributed by atoms with E-state index in [0.29, 0.717) is 18.9 Å². The molecule has 3 N–H and O–H groups in total. The first-order chi connectivity index (χ1) is 13.3. The van der Waals surface area contributed by atoms with Gasteiger partial charge in [0.05, 0.1) is 11.9 Å². The fourth-order valence-electron chi connectivity index (χ4n) is 2.32. The van der Waals surface area contributed by atoms with Gasteiger partial charge in [0, 0.05) is 24.0 Å². The van der Waals surface area contributed by atoms with Gasteiger partial charge in [-0.3, -0.25) is 4.79 Å². The molecule has 0 aliphatic carbocycles. The maximum Gasteiger partial charge on any atom is 0.242 e. The quantitative estimate of drug-likeness (QED) is 0.188. The van der Waals surface area contributed by atoms with E-state index in [9.17, 15) is 13.2 Å². The molecule has 0 radical (unpaired) electrons. The molecule has 0 heterocycles. The number of nitrogens with one attached hydrogen (secondary N) is 3. The highest BCUT2D eigenvalue weighted by Crippen LogP contribution is 2.16. The summed E-state index contributed by atoms with van der Waals surface area (Å²) in [5.74, 6) is 1.05. The van der Waals surface area contributed by atoms with Crippen LogP contribution < -0.4 is 20.7 Å². The van der Waals surface area contributed by atoms with Gasteiger partial charge in [0.1, 0.15) is 22.1 Å². The number of nitrogens with zero attached hydrogens (tertiary/aromatic N) is 1. The van der Waals surface area contributed by atoms with Gasteiger partial charge in [-0.25, -0.2) is 13.4 Å². The van der Waals surface area contributed by atoms with E-state index in [2.05, 4.69) is 20.9 Å². The minimum absolute atomic E-state index is 0. The number of carbonyl (C=O) groups is 1. The second-order valence-electron chi connectivity index (χ2n) is 8.19. The fraction of sp³-hybridized carbons (Fsp3) is 0.600. The van der Waals surface area contributed by atoms with Crippen LogP contribution in [0.25, 0.3) is 0 Å². The van der Waals surface area contributed by atoms with Gasteiger partial charge in [-0.1, -0.05) is 0 Å². The van der Waals surface area contributed by atoms with E-state index < -0.39 is 9.84 Å². The first kappa shape index (κ1) is 28.4. The molecular formula is C20H35IN4O4S. The Kier molecular flexibility index (Phi) is 12.3. The summed E-state index contributed by atoms with van der Waals surface area (Å²) in [6.45, 7) is 9.98. The van der Waals surface area contributed by atoms with Crippen LogP contribution in [0.1, 0.15) is 41.0 Å². The molecular weight excluding hydrogens is 519 g/mol. The Morgan fingerprint density at radius 2 is 1.77 bits per heavy atom. The molecule has 0 bridgehead atoms. The normalized spacial score (nSPS) is 12.2. The zero-order chi connectivity index (χ0) is 22.1. The van der Waals surface area contributed by atoms with E-state index in [1.807, 2.05) is 58.9 Å². The minimum atomic E-state index is -3.02. The third-order valence-electron chi connectivity index (χ3n) is 3.37. The van der Waals surface area contributed by atoms with Crippen LogP contribution in [0.15, 0.2) is 29.3 Å². The van der Waals surface area contributed by atoms with Crippen molar-refractivity contribution in [2.45, 2.75) is 52.7 Å². The van der Waals surface area contributed by atoms with Gasteiger partial charge in [0.25, 0.3) is 0 Å². The number of halogens is 1. The Morgan fingerprint density at radius 3 is 2.27 bits per heavy atom. The molecule has 1 aromatic carbocycles. The summed E-state index contributed by atoms with van der Waals surface area (Å²) < 4.78 is 28.2. The molecule has 8 nitrogen and oxygen atoms in total. The molecule has 0 saturated heterocycles. The highest BCUT2D eigenvalue weighted by atomic mass is 127. The van der Waals surface area contributed by atoms with Crippen LogP contribution in [0, 0.1) is 0 Å². The second-order valence-corrected chi connectivity index (χ2v) is 10.4. The maximum absolute atomic E-state index is 12.1. The Bertz CT molecular complexity index is 788. The molecule has 0 unspecified atom stereocenters. The summed E-state index contributed by atoms with van der Waals surface area (Å²) in [6.07, 6.45) is 1.73. The lowest BCUT2D eigenvalue weighted by atomic mass is 10.1. The van der Waals surface area contributed by atoms with E-state index in [1.54, 1.807) is 0 Å². The van der Waals surface area contributed by atoms with Crippen molar-refractivity contribution in [3.63, 3.8) is 0 Å². The van der Waals surface area contributed by atoms with Crippen molar-refractivity contribution in [3.05, 3.63) is 24.3 Å². The van der Waals surface area contributed by atoms with Gasteiger partial charge in [-0.15, -0.1) is 24.0 Å². The first-order valence-electron chi connectivity index (χ1n) is 9.65. The summed E-state index contributed by atoms with van der Waals surface area (Å²) >= 11 is 0. The average Bonchev–Trinajstić information content (AvgIpc) is 2.55. The van der Waals surface area contributed by atoms with Crippen LogP contribution in [0.2, 0.25) is 0 Å². The van der Waals surface area contributed by atoms with E-state index in [0.717, 1.165) is 11.4 Å². The highest BCUT2D eigenvalue weighted by Gasteiger charge is 2.13. The Morgan fingerprint density at radius 1 is 1.17 bits per heavy atom. The van der Waals surface area contributed by atoms with Gasteiger partial charge in [0.2, 0.25) is 5.91 Å². The Balaban J connectivity index is 0.00000841. The maximum atomic E-state index is 12.1. The lowest BCUT2D eigenvalue weighted by Gasteiger charge is -2.20. The van der Waals surface area contributed by atoms with Crippen molar-refractivity contribution in [1.82, 2.24) is 10.6 Å². The van der Waals surface area contributed by atoms with Crippen LogP contribution in [0.5, 0.6) is 5.75 Å². The molecule has 0 saturated carbocycles. The Hall–Kier alpha value is -1.56. The number of hydrogen-bond donors (Lipinski definition) is 3. The molecule has 0 aromatic heterocycles. The number of amides is 1. The van der Waals surface area contributed by atoms with Gasteiger partial charge >= 0.3 is 0 Å². The number of ether oxygens (including phenoxy) is 1. The van der Waals surface area contributed by atoms with Crippen LogP contribution in [-0.4, -0.2) is 57.0 Å². The van der Waals surface area contributed by atoms with Gasteiger partial charge in [-0.2, -0.15) is 0 Å². The lowest BCUT2D eigenvalue weighted by Crippen LogP contribution is -2.42. The second kappa shape index (κ2) is 13.0. The Labute approximate surface area is 197 Å². The van der Waals surface area contributed by atoms with Crippen LogP contribution in [0.3, 0.4) is 0 Å². The molecule has 0 aliphatic rings. The number of sulfone groups is 1. The van der Waals surface area contributed by atoms with E-state index in [-0.39, 0.29) is 53.8 Å². The van der Waals surface area contributed by atoms with E-state index in [4.69, 9.17) is 4.74 Å². The number of carbonyl (C=O) groups excluding carboxylic acids is 1. The van der Waals surface area contributed by atoms with Gasteiger partial charge < -0.3 is 20.7 Å². The topological polar surface area (TPSA) is 109 Å². The molecule has 0 aliphatic heterocycles. The summed E-state index contributed by atoms with van der Waals surface area (Å²) in [5, 5.41) is 9.05. The molecule has 10 heteroatoms. The molecule has 0 atom stereocenters. The summed E-state index contributed by atoms with van der Waals surface area (Å²) in [4.78, 5) is 16.4. The van der Waals surface area contributed by atoms with Crippen molar-refractivity contribution in [2.24, 2.45) is 4.99 Å². The van der Waals surface area contributed by atoms with Crippen LogP contribution in [0.4, 0.5) is 5.69 Å². The smallest absolute Gasteiger partial charge is 0.242 e. The number of rotatable bonds is 9. The predicted molar refractivity (Wildman–Crippen MR) is 134 cm³/mol. The highest BCUT2D eigenvalue weighted by molar-refractivity contribution is 14.0. The summed E-state index contributed by atoms with van der Waals surface area (Å²) in [6, 6.07) is 7.38. The number of aliphatic imine (C=N–C) groups is 1. The summed E-state index contributed by atoms with van der Waals surface area (Å²) in [7, 11) is -3.02. The van der Waals surface area contributed by atoms with Crippen LogP contribution in [-0.2, 0) is 14.6 Å². The SMILES string of the molecule is CC(C)Oc1ccc(NC(=NCC(=O)NC(C)(C)C)NCCCS(C)(=O)=O)cc1.I. The van der Waals surface area contributed by atoms with Crippen molar-refractivity contribution in [3.8, 4) is 5.75 Å². The molecule has 172 valence electrons. The number of anilines is 1. The fourth-order valence-corrected chi connectivity index (χ4v) is 2.98. The third kappa shape index (κ3) is 14.4. The van der Waals surface area contributed by atoms with Gasteiger partial charge in [0.15, 0.2) is 5.96 Å². The number of benzene rings is 1. The minimum Gasteiger partial charge on any atom is -0.491 e. The molecule has 1 amide bonds. The number of hydrogen-bond acceptors (Lipinski definition) is 5. The number of guanidine groups is 1.